The quantitative estimate of drug-likeness (QED) is 0.484. The molecule has 1 rings (SSSR count). The molecule has 0 aliphatic carbocycles. The highest BCUT2D eigenvalue weighted by atomic mass is 16.6. The Bertz CT molecular complexity index is 654. The summed E-state index contributed by atoms with van der Waals surface area (Å²) in [5.74, 6) is -2.04. The molecule has 0 spiro atoms. The Hall–Kier alpha value is -2.90. The normalized spacial score (nSPS) is 13.0. The molecule has 0 bridgehead atoms. The molecule has 0 saturated heterocycles. The maximum atomic E-state index is 12.5. The second-order valence-electron chi connectivity index (χ2n) is 6.90. The fraction of sp³-hybridized carbons (Fsp3) is 0.474. The first-order valence-electron chi connectivity index (χ1n) is 8.50. The highest BCUT2D eigenvalue weighted by Gasteiger charge is 2.30. The van der Waals surface area contributed by atoms with Crippen LogP contribution in [0.4, 0.5) is 0 Å². The van der Waals surface area contributed by atoms with Crippen LogP contribution < -0.4 is 10.6 Å². The van der Waals surface area contributed by atoms with Crippen molar-refractivity contribution in [2.24, 2.45) is 0 Å². The van der Waals surface area contributed by atoms with Crippen LogP contribution in [-0.2, 0) is 35.1 Å². The molecule has 1 aromatic carbocycles. The highest BCUT2D eigenvalue weighted by molar-refractivity contribution is 5.91. The summed E-state index contributed by atoms with van der Waals surface area (Å²) in [6, 6.07) is 6.95. The van der Waals surface area contributed by atoms with Gasteiger partial charge in [-0.1, -0.05) is 30.3 Å². The maximum absolute atomic E-state index is 12.5. The molecule has 0 aliphatic heterocycles. The van der Waals surface area contributed by atoms with Gasteiger partial charge >= 0.3 is 11.9 Å². The van der Waals surface area contributed by atoms with E-state index < -0.39 is 35.5 Å². The summed E-state index contributed by atoms with van der Waals surface area (Å²) >= 11 is 0. The average Bonchev–Trinajstić information content (AvgIpc) is 2.59. The van der Waals surface area contributed by atoms with Gasteiger partial charge in [-0.3, -0.25) is 14.4 Å². The summed E-state index contributed by atoms with van der Waals surface area (Å²) in [4.78, 5) is 47.4. The van der Waals surface area contributed by atoms with Crippen LogP contribution in [0, 0.1) is 0 Å². The van der Waals surface area contributed by atoms with Gasteiger partial charge in [0.05, 0.1) is 13.5 Å². The summed E-state index contributed by atoms with van der Waals surface area (Å²) in [6.45, 7) is 5.08. The molecule has 0 fully saturated rings. The zero-order valence-electron chi connectivity index (χ0n) is 16.0. The van der Waals surface area contributed by atoms with Gasteiger partial charge in [0.25, 0.3) is 0 Å². The van der Waals surface area contributed by atoms with Crippen LogP contribution >= 0.6 is 0 Å². The first-order chi connectivity index (χ1) is 12.7. The van der Waals surface area contributed by atoms with Crippen LogP contribution in [0.15, 0.2) is 30.3 Å². The zero-order valence-corrected chi connectivity index (χ0v) is 16.0. The van der Waals surface area contributed by atoms with Gasteiger partial charge in [0.1, 0.15) is 17.7 Å². The average molecular weight is 378 g/mol. The molecule has 0 unspecified atom stereocenters. The molecule has 8 nitrogen and oxygen atoms in total. The van der Waals surface area contributed by atoms with Crippen molar-refractivity contribution >= 4 is 24.3 Å². The number of esters is 2. The second-order valence-corrected chi connectivity index (χ2v) is 6.90. The minimum Gasteiger partial charge on any atom is -0.467 e. The van der Waals surface area contributed by atoms with E-state index in [1.165, 1.54) is 0 Å². The third kappa shape index (κ3) is 8.35. The van der Waals surface area contributed by atoms with E-state index in [1.807, 2.05) is 30.3 Å². The van der Waals surface area contributed by atoms with Gasteiger partial charge in [0.15, 0.2) is 0 Å². The smallest absolute Gasteiger partial charge is 0.328 e. The maximum Gasteiger partial charge on any atom is 0.328 e. The Balaban J connectivity index is 2.83. The van der Waals surface area contributed by atoms with E-state index in [0.29, 0.717) is 6.41 Å². The number of methoxy groups -OCH3 is 1. The molecule has 0 saturated carbocycles. The van der Waals surface area contributed by atoms with Crippen molar-refractivity contribution in [3.8, 4) is 0 Å². The van der Waals surface area contributed by atoms with Gasteiger partial charge in [-0.05, 0) is 26.3 Å². The number of hydrogen-bond acceptors (Lipinski definition) is 6. The van der Waals surface area contributed by atoms with Gasteiger partial charge in [-0.25, -0.2) is 4.79 Å². The molecule has 0 radical (unpaired) electrons. The molecular formula is C19H26N2O6. The molecule has 8 heteroatoms. The first kappa shape index (κ1) is 22.1. The summed E-state index contributed by atoms with van der Waals surface area (Å²) in [5, 5.41) is 4.88. The van der Waals surface area contributed by atoms with E-state index in [4.69, 9.17) is 4.74 Å². The summed E-state index contributed by atoms with van der Waals surface area (Å²) in [6.07, 6.45) is 0.259. The van der Waals surface area contributed by atoms with Crippen molar-refractivity contribution in [3.05, 3.63) is 35.9 Å². The number of carbonyl (C=O) groups is 4. The molecule has 27 heavy (non-hydrogen) atoms. The minimum absolute atomic E-state index is 0.228. The third-order valence-corrected chi connectivity index (χ3v) is 3.46. The Morgan fingerprint density at radius 3 is 2.26 bits per heavy atom. The minimum atomic E-state index is -1.22. The second kappa shape index (κ2) is 10.3. The number of benzene rings is 1. The van der Waals surface area contributed by atoms with Crippen molar-refractivity contribution in [3.63, 3.8) is 0 Å². The molecule has 148 valence electrons. The Labute approximate surface area is 158 Å². The molecule has 0 aliphatic rings. The molecular weight excluding hydrogens is 352 g/mol. The van der Waals surface area contributed by atoms with E-state index in [-0.39, 0.29) is 12.8 Å². The number of nitrogens with one attached hydrogen (secondary N) is 2. The van der Waals surface area contributed by atoms with E-state index >= 15 is 0 Å². The van der Waals surface area contributed by atoms with Crippen molar-refractivity contribution in [1.29, 1.82) is 0 Å². The molecule has 2 amide bonds. The standard InChI is InChI=1S/C19H26N2O6/c1-19(2,3)27-16(23)11-15(18(25)26-4)21-17(24)14(20-12-22)10-13-8-6-5-7-9-13/h5-9,12,14-15H,10-11H2,1-4H3,(H,20,22)(H,21,24)/t14-,15-/m0/s1. The van der Waals surface area contributed by atoms with Crippen LogP contribution in [-0.4, -0.2) is 49.1 Å². The lowest BCUT2D eigenvalue weighted by Crippen LogP contribution is -2.52. The van der Waals surface area contributed by atoms with Crippen molar-refractivity contribution in [1.82, 2.24) is 10.6 Å². The molecule has 2 atom stereocenters. The lowest BCUT2D eigenvalue weighted by atomic mass is 10.0. The van der Waals surface area contributed by atoms with Crippen molar-refractivity contribution < 1.29 is 28.7 Å². The van der Waals surface area contributed by atoms with Gasteiger partial charge in [-0.2, -0.15) is 0 Å². The van der Waals surface area contributed by atoms with Gasteiger partial charge < -0.3 is 20.1 Å². The van der Waals surface area contributed by atoms with Crippen molar-refractivity contribution in [2.75, 3.05) is 7.11 Å². The van der Waals surface area contributed by atoms with Crippen LogP contribution in [0.3, 0.4) is 0 Å². The number of ether oxygens (including phenoxy) is 2. The predicted octanol–water partition coefficient (Wildman–Crippen LogP) is 0.733. The Kier molecular flexibility index (Phi) is 8.44. The summed E-state index contributed by atoms with van der Waals surface area (Å²) in [5.41, 5.74) is 0.102. The fourth-order valence-electron chi connectivity index (χ4n) is 2.32. The van der Waals surface area contributed by atoms with Crippen LogP contribution in [0.5, 0.6) is 0 Å². The summed E-state index contributed by atoms with van der Waals surface area (Å²) in [7, 11) is 1.15. The zero-order chi connectivity index (χ0) is 20.4. The van der Waals surface area contributed by atoms with Gasteiger partial charge in [-0.15, -0.1) is 0 Å². The third-order valence-electron chi connectivity index (χ3n) is 3.46. The van der Waals surface area contributed by atoms with Crippen LogP contribution in [0.25, 0.3) is 0 Å². The number of hydrogen-bond donors (Lipinski definition) is 2. The monoisotopic (exact) mass is 378 g/mol. The number of amides is 2. The van der Waals surface area contributed by atoms with E-state index in [9.17, 15) is 19.2 Å². The summed E-state index contributed by atoms with van der Waals surface area (Å²) < 4.78 is 9.83. The van der Waals surface area contributed by atoms with Gasteiger partial charge in [0.2, 0.25) is 12.3 Å². The lowest BCUT2D eigenvalue weighted by molar-refractivity contribution is -0.159. The SMILES string of the molecule is COC(=O)[C@H](CC(=O)OC(C)(C)C)NC(=O)[C@H](Cc1ccccc1)NC=O. The lowest BCUT2D eigenvalue weighted by Gasteiger charge is -2.23. The van der Waals surface area contributed by atoms with E-state index in [1.54, 1.807) is 20.8 Å². The van der Waals surface area contributed by atoms with E-state index in [0.717, 1.165) is 12.7 Å². The van der Waals surface area contributed by atoms with Crippen LogP contribution in [0.1, 0.15) is 32.8 Å². The van der Waals surface area contributed by atoms with Gasteiger partial charge in [0, 0.05) is 6.42 Å². The molecule has 2 N–H and O–H groups in total. The largest absolute Gasteiger partial charge is 0.467 e. The Morgan fingerprint density at radius 1 is 1.11 bits per heavy atom. The van der Waals surface area contributed by atoms with Crippen LogP contribution in [0.2, 0.25) is 0 Å². The topological polar surface area (TPSA) is 111 Å². The fourth-order valence-corrected chi connectivity index (χ4v) is 2.32. The first-order valence-corrected chi connectivity index (χ1v) is 8.50. The Morgan fingerprint density at radius 2 is 1.74 bits per heavy atom. The van der Waals surface area contributed by atoms with E-state index in [2.05, 4.69) is 15.4 Å². The van der Waals surface area contributed by atoms with Crippen molar-refractivity contribution in [2.45, 2.75) is 51.3 Å². The predicted molar refractivity (Wildman–Crippen MR) is 97.5 cm³/mol. The number of rotatable bonds is 9. The molecule has 0 heterocycles. The highest BCUT2D eigenvalue weighted by Crippen LogP contribution is 2.10. The molecule has 1 aromatic rings. The molecule has 0 aromatic heterocycles. The number of carbonyl (C=O) groups excluding carboxylic acids is 4.